The molecule has 1 aromatic carbocycles. The highest BCUT2D eigenvalue weighted by Crippen LogP contribution is 2.45. The minimum absolute atomic E-state index is 0.00875. The van der Waals surface area contributed by atoms with E-state index in [0.29, 0.717) is 4.21 Å². The molecule has 24 heavy (non-hydrogen) atoms. The summed E-state index contributed by atoms with van der Waals surface area (Å²) in [7, 11) is 0. The third-order valence-electron chi connectivity index (χ3n) is 3.14. The second kappa shape index (κ2) is 7.28. The van der Waals surface area contributed by atoms with E-state index in [1.54, 1.807) is 13.2 Å². The van der Waals surface area contributed by atoms with Crippen LogP contribution >= 0.6 is 23.1 Å². The van der Waals surface area contributed by atoms with Crippen LogP contribution in [0.15, 0.2) is 28.5 Å². The first kappa shape index (κ1) is 18.4. The van der Waals surface area contributed by atoms with Gasteiger partial charge in [-0.3, -0.25) is 0 Å². The van der Waals surface area contributed by atoms with Crippen molar-refractivity contribution in [1.82, 2.24) is 0 Å². The van der Waals surface area contributed by atoms with Crippen molar-refractivity contribution in [3.8, 4) is 17.2 Å². The number of hydrogen-bond donors (Lipinski definition) is 0. The molecule has 0 unspecified atom stereocenters. The lowest BCUT2D eigenvalue weighted by molar-refractivity contribution is -0.137. The summed E-state index contributed by atoms with van der Waals surface area (Å²) < 4.78 is 45.4. The third kappa shape index (κ3) is 3.42. The van der Waals surface area contributed by atoms with Crippen LogP contribution in [0.3, 0.4) is 0 Å². The quantitative estimate of drug-likeness (QED) is 0.547. The Morgan fingerprint density at radius 2 is 2.04 bits per heavy atom. The number of benzene rings is 1. The molecule has 2 rings (SSSR count). The smallest absolute Gasteiger partial charge is 0.417 e. The fourth-order valence-corrected chi connectivity index (χ4v) is 4.03. The molecular formula is C16H12F3NO2S2. The number of rotatable bonds is 4. The van der Waals surface area contributed by atoms with E-state index >= 15 is 0 Å². The van der Waals surface area contributed by atoms with Crippen molar-refractivity contribution in [2.24, 2.45) is 0 Å². The first-order valence-corrected chi connectivity index (χ1v) is 8.83. The van der Waals surface area contributed by atoms with Crippen LogP contribution in [0.4, 0.5) is 13.2 Å². The van der Waals surface area contributed by atoms with Gasteiger partial charge in [-0.05, 0) is 24.8 Å². The van der Waals surface area contributed by atoms with E-state index in [1.165, 1.54) is 30.0 Å². The molecule has 3 nitrogen and oxygen atoms in total. The molecule has 0 amide bonds. The summed E-state index contributed by atoms with van der Waals surface area (Å²) in [6.07, 6.45) is -2.91. The topological polar surface area (TPSA) is 50.1 Å². The Bertz CT molecular complexity index is 807. The third-order valence-corrected chi connectivity index (χ3v) is 5.43. The molecule has 2 aromatic rings. The molecule has 1 aromatic heterocycles. The maximum atomic E-state index is 13.3. The molecule has 0 bridgehead atoms. The van der Waals surface area contributed by atoms with Crippen LogP contribution in [0.25, 0.3) is 11.1 Å². The van der Waals surface area contributed by atoms with Gasteiger partial charge in [0.05, 0.1) is 21.9 Å². The van der Waals surface area contributed by atoms with Crippen LogP contribution in [0.2, 0.25) is 0 Å². The zero-order chi connectivity index (χ0) is 17.9. The zero-order valence-corrected chi connectivity index (χ0v) is 14.4. The number of halogens is 3. The monoisotopic (exact) mass is 371 g/mol. The van der Waals surface area contributed by atoms with Crippen molar-refractivity contribution >= 4 is 29.1 Å². The Hall–Kier alpha value is -1.98. The van der Waals surface area contributed by atoms with Gasteiger partial charge in [0.15, 0.2) is 0 Å². The fraction of sp³-hybridized carbons (Fsp3) is 0.250. The zero-order valence-electron chi connectivity index (χ0n) is 12.7. The van der Waals surface area contributed by atoms with Crippen molar-refractivity contribution in [3.63, 3.8) is 0 Å². The second-order valence-corrected chi connectivity index (χ2v) is 6.64. The highest BCUT2D eigenvalue weighted by molar-refractivity contribution is 8.00. The molecule has 1 heterocycles. The largest absolute Gasteiger partial charge is 0.462 e. The first-order chi connectivity index (χ1) is 11.3. The van der Waals surface area contributed by atoms with Crippen molar-refractivity contribution < 1.29 is 22.7 Å². The number of thiophene rings is 1. The second-order valence-electron chi connectivity index (χ2n) is 4.55. The lowest BCUT2D eigenvalue weighted by Crippen LogP contribution is -2.09. The summed E-state index contributed by atoms with van der Waals surface area (Å²) in [5.41, 5.74) is -1.04. The van der Waals surface area contributed by atoms with Gasteiger partial charge in [-0.1, -0.05) is 18.2 Å². The number of thioether (sulfide) groups is 1. The number of esters is 1. The Labute approximate surface area is 145 Å². The summed E-state index contributed by atoms with van der Waals surface area (Å²) in [5, 5.41) is 9.42. The molecule has 0 spiro atoms. The number of carbonyl (C=O) groups is 1. The molecule has 0 saturated heterocycles. The lowest BCUT2D eigenvalue weighted by Gasteiger charge is -2.13. The average molecular weight is 371 g/mol. The molecule has 0 N–H and O–H groups in total. The molecule has 0 aliphatic heterocycles. The molecule has 0 fully saturated rings. The summed E-state index contributed by atoms with van der Waals surface area (Å²) in [5.74, 6) is -0.730. The SMILES string of the molecule is CCOC(=O)c1sc(SC)c(C#N)c1-c1ccccc1C(F)(F)F. The van der Waals surface area contributed by atoms with Crippen LogP contribution in [0, 0.1) is 11.3 Å². The number of ether oxygens (including phenoxy) is 1. The Morgan fingerprint density at radius 3 is 2.58 bits per heavy atom. The Morgan fingerprint density at radius 1 is 1.38 bits per heavy atom. The highest BCUT2D eigenvalue weighted by atomic mass is 32.2. The van der Waals surface area contributed by atoms with E-state index in [9.17, 15) is 23.2 Å². The number of carbonyl (C=O) groups excluding carboxylic acids is 1. The molecule has 0 atom stereocenters. The van der Waals surface area contributed by atoms with Crippen LogP contribution in [-0.2, 0) is 10.9 Å². The molecule has 0 saturated carbocycles. The normalized spacial score (nSPS) is 11.2. The number of nitriles is 1. The first-order valence-electron chi connectivity index (χ1n) is 6.79. The molecule has 8 heteroatoms. The van der Waals surface area contributed by atoms with Crippen LogP contribution in [0.5, 0.6) is 0 Å². The van der Waals surface area contributed by atoms with E-state index in [1.807, 2.05) is 6.07 Å². The van der Waals surface area contributed by atoms with E-state index in [2.05, 4.69) is 0 Å². The highest BCUT2D eigenvalue weighted by Gasteiger charge is 2.36. The molecule has 126 valence electrons. The summed E-state index contributed by atoms with van der Waals surface area (Å²) in [6, 6.07) is 6.83. The molecular weight excluding hydrogens is 359 g/mol. The Balaban J connectivity index is 2.81. The lowest BCUT2D eigenvalue weighted by atomic mass is 9.96. The van der Waals surface area contributed by atoms with E-state index in [-0.39, 0.29) is 28.2 Å². The van der Waals surface area contributed by atoms with Crippen molar-refractivity contribution in [2.75, 3.05) is 12.9 Å². The van der Waals surface area contributed by atoms with Gasteiger partial charge in [0.2, 0.25) is 0 Å². The van der Waals surface area contributed by atoms with Crippen LogP contribution < -0.4 is 0 Å². The minimum atomic E-state index is -4.60. The maximum Gasteiger partial charge on any atom is 0.417 e. The predicted octanol–water partition coefficient (Wildman–Crippen LogP) is 5.20. The van der Waals surface area contributed by atoms with Crippen LogP contribution in [-0.4, -0.2) is 18.8 Å². The van der Waals surface area contributed by atoms with Gasteiger partial charge in [0, 0.05) is 5.56 Å². The average Bonchev–Trinajstić information content (AvgIpc) is 2.92. The summed E-state index contributed by atoms with van der Waals surface area (Å²) >= 11 is 2.18. The minimum Gasteiger partial charge on any atom is -0.462 e. The molecule has 0 aliphatic carbocycles. The van der Waals surface area contributed by atoms with Crippen molar-refractivity contribution in [1.29, 1.82) is 5.26 Å². The molecule has 0 radical (unpaired) electrons. The van der Waals surface area contributed by atoms with Gasteiger partial charge >= 0.3 is 12.1 Å². The molecule has 0 aliphatic rings. The van der Waals surface area contributed by atoms with Gasteiger partial charge in [0.25, 0.3) is 0 Å². The Kier molecular flexibility index (Phi) is 5.57. The van der Waals surface area contributed by atoms with E-state index in [4.69, 9.17) is 4.74 Å². The predicted molar refractivity (Wildman–Crippen MR) is 87.2 cm³/mol. The van der Waals surface area contributed by atoms with Gasteiger partial charge in [-0.15, -0.1) is 23.1 Å². The summed E-state index contributed by atoms with van der Waals surface area (Å²) in [4.78, 5) is 12.2. The number of hydrogen-bond acceptors (Lipinski definition) is 5. The van der Waals surface area contributed by atoms with E-state index in [0.717, 1.165) is 17.4 Å². The number of alkyl halides is 3. The fourth-order valence-electron chi connectivity index (χ4n) is 2.20. The van der Waals surface area contributed by atoms with Gasteiger partial charge in [-0.25, -0.2) is 4.79 Å². The standard InChI is InChI=1S/C16H12F3NO2S2/c1-3-22-14(21)13-12(10(8-20)15(23-2)24-13)9-6-4-5-7-11(9)16(17,18)19/h4-7H,3H2,1-2H3. The summed E-state index contributed by atoms with van der Waals surface area (Å²) in [6.45, 7) is 1.70. The van der Waals surface area contributed by atoms with E-state index < -0.39 is 17.7 Å². The van der Waals surface area contributed by atoms with Gasteiger partial charge < -0.3 is 4.74 Å². The van der Waals surface area contributed by atoms with Crippen molar-refractivity contribution in [3.05, 3.63) is 40.3 Å². The van der Waals surface area contributed by atoms with Crippen molar-refractivity contribution in [2.45, 2.75) is 17.3 Å². The van der Waals surface area contributed by atoms with Crippen LogP contribution in [0.1, 0.15) is 27.7 Å². The van der Waals surface area contributed by atoms with Gasteiger partial charge in [0.1, 0.15) is 10.9 Å². The number of nitrogens with zero attached hydrogens (tertiary/aromatic N) is 1. The maximum absolute atomic E-state index is 13.3. The van der Waals surface area contributed by atoms with Gasteiger partial charge in [-0.2, -0.15) is 18.4 Å².